The molecule has 2 heteroatoms. The summed E-state index contributed by atoms with van der Waals surface area (Å²) in [5.74, 6) is -0.280. The fourth-order valence-electron chi connectivity index (χ4n) is 0.167. The third-order valence-electron chi connectivity index (χ3n) is 0.591. The Hall–Kier alpha value is -0.660. The molecule has 0 bridgehead atoms. The van der Waals surface area contributed by atoms with Crippen molar-refractivity contribution in [2.24, 2.45) is 5.92 Å². The highest BCUT2D eigenvalue weighted by Gasteiger charge is 1.96. The average molecular weight is 98.1 g/mol. The van der Waals surface area contributed by atoms with Crippen molar-refractivity contribution in [3.8, 4) is 0 Å². The van der Waals surface area contributed by atoms with Gasteiger partial charge in [0.2, 0.25) is 6.29 Å². The van der Waals surface area contributed by atoms with Gasteiger partial charge >= 0.3 is 0 Å². The van der Waals surface area contributed by atoms with E-state index in [2.05, 4.69) is 0 Å². The lowest BCUT2D eigenvalue weighted by Gasteiger charge is -1.86. The van der Waals surface area contributed by atoms with E-state index >= 15 is 0 Å². The van der Waals surface area contributed by atoms with Crippen LogP contribution in [0.1, 0.15) is 13.3 Å². The summed E-state index contributed by atoms with van der Waals surface area (Å²) in [5.41, 5.74) is 0. The number of carbonyl (C=O) groups excluding carboxylic acids is 2. The molecule has 0 spiro atoms. The topological polar surface area (TPSA) is 34.1 Å². The van der Waals surface area contributed by atoms with Crippen molar-refractivity contribution in [1.29, 1.82) is 0 Å². The SMILES string of the molecule is CC([C]=O)C[C]=O. The summed E-state index contributed by atoms with van der Waals surface area (Å²) >= 11 is 0. The quantitative estimate of drug-likeness (QED) is 0.506. The Morgan fingerprint density at radius 1 is 1.57 bits per heavy atom. The highest BCUT2D eigenvalue weighted by atomic mass is 16.1. The molecule has 0 amide bonds. The number of hydrogen-bond donors (Lipinski definition) is 0. The fourth-order valence-corrected chi connectivity index (χ4v) is 0.167. The molecule has 2 radical (unpaired) electrons. The van der Waals surface area contributed by atoms with Gasteiger partial charge in [-0.15, -0.1) is 0 Å². The van der Waals surface area contributed by atoms with Gasteiger partial charge in [0.15, 0.2) is 6.29 Å². The van der Waals surface area contributed by atoms with Gasteiger partial charge in [-0.25, -0.2) is 0 Å². The minimum atomic E-state index is -0.280. The molecule has 0 aliphatic rings. The molecule has 0 heterocycles. The van der Waals surface area contributed by atoms with Crippen LogP contribution >= 0.6 is 0 Å². The van der Waals surface area contributed by atoms with Crippen LogP contribution in [0.2, 0.25) is 0 Å². The molecule has 0 saturated carbocycles. The third-order valence-corrected chi connectivity index (χ3v) is 0.591. The van der Waals surface area contributed by atoms with Crippen molar-refractivity contribution in [3.63, 3.8) is 0 Å². The molecule has 0 N–H and O–H groups in total. The Bertz CT molecular complexity index is 68.5. The zero-order chi connectivity index (χ0) is 5.70. The minimum absolute atomic E-state index is 0.170. The van der Waals surface area contributed by atoms with Crippen LogP contribution in [0, 0.1) is 5.92 Å². The average Bonchev–Trinajstić information content (AvgIpc) is 1.68. The molecule has 2 nitrogen and oxygen atoms in total. The van der Waals surface area contributed by atoms with Gasteiger partial charge in [0, 0.05) is 12.3 Å². The van der Waals surface area contributed by atoms with E-state index in [4.69, 9.17) is 0 Å². The second-order valence-corrected chi connectivity index (χ2v) is 1.37. The summed E-state index contributed by atoms with van der Waals surface area (Å²) in [4.78, 5) is 19.1. The molecule has 7 heavy (non-hydrogen) atoms. The second kappa shape index (κ2) is 3.53. The van der Waals surface area contributed by atoms with Crippen LogP contribution in [0.15, 0.2) is 0 Å². The molecule has 1 unspecified atom stereocenters. The van der Waals surface area contributed by atoms with E-state index in [0.717, 1.165) is 0 Å². The predicted molar refractivity (Wildman–Crippen MR) is 25.2 cm³/mol. The molecule has 0 fully saturated rings. The van der Waals surface area contributed by atoms with Gasteiger partial charge in [-0.2, -0.15) is 0 Å². The molecular formula is C5H6O2. The first-order chi connectivity index (χ1) is 3.31. The molecule has 0 saturated heterocycles. The van der Waals surface area contributed by atoms with Crippen molar-refractivity contribution in [2.75, 3.05) is 0 Å². The Balaban J connectivity index is 3.15. The molecule has 0 aliphatic carbocycles. The van der Waals surface area contributed by atoms with Crippen molar-refractivity contribution in [2.45, 2.75) is 13.3 Å². The van der Waals surface area contributed by atoms with Gasteiger partial charge in [0.05, 0.1) is 0 Å². The first kappa shape index (κ1) is 6.34. The third kappa shape index (κ3) is 3.16. The van der Waals surface area contributed by atoms with Gasteiger partial charge in [0.25, 0.3) is 0 Å². The van der Waals surface area contributed by atoms with Crippen molar-refractivity contribution in [1.82, 2.24) is 0 Å². The standard InChI is InChI=1S/C5H6O2/c1-5(4-7)2-3-6/h5H,2H2,1H3. The summed E-state index contributed by atoms with van der Waals surface area (Å²) in [5, 5.41) is 0. The molecule has 0 aromatic rings. The Morgan fingerprint density at radius 3 is 2.29 bits per heavy atom. The summed E-state index contributed by atoms with van der Waals surface area (Å²) in [7, 11) is 0. The van der Waals surface area contributed by atoms with Crippen LogP contribution in [0.3, 0.4) is 0 Å². The van der Waals surface area contributed by atoms with Gasteiger partial charge in [0.1, 0.15) is 0 Å². The van der Waals surface area contributed by atoms with Crippen molar-refractivity contribution in [3.05, 3.63) is 0 Å². The fraction of sp³-hybridized carbons (Fsp3) is 0.600. The molecule has 0 aromatic carbocycles. The van der Waals surface area contributed by atoms with E-state index in [-0.39, 0.29) is 12.3 Å². The summed E-state index contributed by atoms with van der Waals surface area (Å²) in [6.45, 7) is 1.62. The molecule has 0 aromatic heterocycles. The van der Waals surface area contributed by atoms with E-state index in [1.54, 1.807) is 19.5 Å². The summed E-state index contributed by atoms with van der Waals surface area (Å²) in [6, 6.07) is 0. The van der Waals surface area contributed by atoms with E-state index in [1.807, 2.05) is 0 Å². The van der Waals surface area contributed by atoms with Crippen molar-refractivity contribution < 1.29 is 9.59 Å². The zero-order valence-electron chi connectivity index (χ0n) is 4.10. The number of hydrogen-bond acceptors (Lipinski definition) is 2. The van der Waals surface area contributed by atoms with Crippen LogP contribution in [0.25, 0.3) is 0 Å². The lowest BCUT2D eigenvalue weighted by Crippen LogP contribution is -1.94. The Kier molecular flexibility index (Phi) is 3.19. The first-order valence-corrected chi connectivity index (χ1v) is 2.04. The highest BCUT2D eigenvalue weighted by molar-refractivity contribution is 5.62. The highest BCUT2D eigenvalue weighted by Crippen LogP contribution is 1.90. The maximum Gasteiger partial charge on any atom is 0.201 e. The zero-order valence-corrected chi connectivity index (χ0v) is 4.10. The van der Waals surface area contributed by atoms with E-state index in [1.165, 1.54) is 0 Å². The van der Waals surface area contributed by atoms with Crippen LogP contribution in [-0.2, 0) is 9.59 Å². The van der Waals surface area contributed by atoms with Gasteiger partial charge < -0.3 is 0 Å². The predicted octanol–water partition coefficient (Wildman–Crippen LogP) is 0.232. The molecule has 38 valence electrons. The van der Waals surface area contributed by atoms with E-state index < -0.39 is 0 Å². The Morgan fingerprint density at radius 2 is 2.14 bits per heavy atom. The molecule has 0 rings (SSSR count). The van der Waals surface area contributed by atoms with Crippen LogP contribution in [0.4, 0.5) is 0 Å². The lowest BCUT2D eigenvalue weighted by atomic mass is 10.1. The monoisotopic (exact) mass is 98.0 g/mol. The normalized spacial score (nSPS) is 12.7. The maximum atomic E-state index is 9.59. The lowest BCUT2D eigenvalue weighted by molar-refractivity contribution is 0.518. The largest absolute Gasteiger partial charge is 0.291 e. The number of rotatable bonds is 3. The second-order valence-electron chi connectivity index (χ2n) is 1.37. The summed E-state index contributed by atoms with van der Waals surface area (Å²) in [6.07, 6.45) is 3.43. The van der Waals surface area contributed by atoms with E-state index in [9.17, 15) is 9.59 Å². The molecular weight excluding hydrogens is 92.1 g/mol. The Labute approximate surface area is 42.5 Å². The van der Waals surface area contributed by atoms with Crippen molar-refractivity contribution >= 4 is 12.6 Å². The van der Waals surface area contributed by atoms with Gasteiger partial charge in [-0.1, -0.05) is 6.92 Å². The minimum Gasteiger partial charge on any atom is -0.291 e. The summed E-state index contributed by atoms with van der Waals surface area (Å²) < 4.78 is 0. The molecule has 0 aliphatic heterocycles. The first-order valence-electron chi connectivity index (χ1n) is 2.04. The van der Waals surface area contributed by atoms with Crippen LogP contribution in [-0.4, -0.2) is 12.6 Å². The van der Waals surface area contributed by atoms with Crippen LogP contribution < -0.4 is 0 Å². The van der Waals surface area contributed by atoms with Gasteiger partial charge in [-0.3, -0.25) is 9.59 Å². The van der Waals surface area contributed by atoms with Gasteiger partial charge in [-0.05, 0) is 0 Å². The maximum absolute atomic E-state index is 9.59. The smallest absolute Gasteiger partial charge is 0.201 e. The van der Waals surface area contributed by atoms with Crippen LogP contribution in [0.5, 0.6) is 0 Å². The molecule has 1 atom stereocenters. The van der Waals surface area contributed by atoms with E-state index in [0.29, 0.717) is 0 Å².